The molecule has 2 amide bonds. The van der Waals surface area contributed by atoms with Crippen molar-refractivity contribution in [1.82, 2.24) is 9.88 Å². The van der Waals surface area contributed by atoms with Gasteiger partial charge in [0.2, 0.25) is 0 Å². The number of aliphatic carboxylic acids is 1. The van der Waals surface area contributed by atoms with E-state index in [2.05, 4.69) is 10.3 Å². The van der Waals surface area contributed by atoms with Crippen molar-refractivity contribution in [1.29, 1.82) is 0 Å². The fraction of sp³-hybridized carbons (Fsp3) is 0.615. The van der Waals surface area contributed by atoms with Crippen molar-refractivity contribution in [2.75, 3.05) is 11.9 Å². The molecule has 0 aromatic carbocycles. The zero-order chi connectivity index (χ0) is 14.9. The fourth-order valence-electron chi connectivity index (χ4n) is 2.31. The van der Waals surface area contributed by atoms with E-state index >= 15 is 0 Å². The van der Waals surface area contributed by atoms with Crippen LogP contribution in [0.2, 0.25) is 0 Å². The molecular formula is C13H19N3O3S. The van der Waals surface area contributed by atoms with Gasteiger partial charge >= 0.3 is 12.0 Å². The Morgan fingerprint density at radius 2 is 2.15 bits per heavy atom. The molecular weight excluding hydrogens is 278 g/mol. The minimum atomic E-state index is -0.946. The summed E-state index contributed by atoms with van der Waals surface area (Å²) in [4.78, 5) is 30.2. The normalized spacial score (nSPS) is 22.6. The maximum Gasteiger partial charge on any atom is 0.326 e. The van der Waals surface area contributed by atoms with Gasteiger partial charge in [-0.25, -0.2) is 14.6 Å². The molecule has 1 aliphatic rings. The highest BCUT2D eigenvalue weighted by atomic mass is 32.1. The monoisotopic (exact) mass is 297 g/mol. The number of nitrogens with one attached hydrogen (secondary N) is 1. The first-order chi connectivity index (χ1) is 9.38. The Kier molecular flexibility index (Phi) is 4.27. The second kappa shape index (κ2) is 5.78. The number of nitrogens with zero attached hydrogens (tertiary/aromatic N) is 2. The topological polar surface area (TPSA) is 82.5 Å². The third-order valence-corrected chi connectivity index (χ3v) is 4.64. The molecule has 1 aromatic heterocycles. The number of anilines is 1. The Hall–Kier alpha value is -1.63. The summed E-state index contributed by atoms with van der Waals surface area (Å²) in [6.45, 7) is 6.29. The Labute approximate surface area is 121 Å². The Bertz CT molecular complexity index is 509. The van der Waals surface area contributed by atoms with Gasteiger partial charge in [-0.05, 0) is 32.6 Å². The number of amides is 2. The van der Waals surface area contributed by atoms with Crippen LogP contribution in [0.5, 0.6) is 0 Å². The number of urea groups is 1. The average molecular weight is 297 g/mol. The van der Waals surface area contributed by atoms with Crippen molar-refractivity contribution in [3.05, 3.63) is 10.6 Å². The zero-order valence-corrected chi connectivity index (χ0v) is 12.7. The maximum absolute atomic E-state index is 12.2. The van der Waals surface area contributed by atoms with Crippen LogP contribution in [0.4, 0.5) is 9.93 Å². The van der Waals surface area contributed by atoms with Crippen molar-refractivity contribution in [2.24, 2.45) is 5.92 Å². The zero-order valence-electron chi connectivity index (χ0n) is 11.8. The summed E-state index contributed by atoms with van der Waals surface area (Å²) in [5.74, 6) is -0.622. The number of carbonyl (C=O) groups excluding carboxylic acids is 1. The molecule has 1 fully saturated rings. The summed E-state index contributed by atoms with van der Waals surface area (Å²) in [6.07, 6.45) is 1.33. The minimum Gasteiger partial charge on any atom is -0.480 e. The number of carboxylic acids is 1. The lowest BCUT2D eigenvalue weighted by Gasteiger charge is -2.35. The lowest BCUT2D eigenvalue weighted by Crippen LogP contribution is -2.51. The number of carbonyl (C=O) groups is 2. The van der Waals surface area contributed by atoms with Gasteiger partial charge in [0.05, 0.1) is 5.69 Å². The summed E-state index contributed by atoms with van der Waals surface area (Å²) in [6, 6.07) is -1.13. The van der Waals surface area contributed by atoms with Crippen molar-refractivity contribution in [2.45, 2.75) is 39.7 Å². The Morgan fingerprint density at radius 3 is 2.70 bits per heavy atom. The van der Waals surface area contributed by atoms with Gasteiger partial charge in [-0.2, -0.15) is 0 Å². The second-order valence-electron chi connectivity index (χ2n) is 5.27. The molecule has 20 heavy (non-hydrogen) atoms. The van der Waals surface area contributed by atoms with Crippen LogP contribution in [-0.4, -0.2) is 39.6 Å². The molecule has 0 radical (unpaired) electrons. The minimum absolute atomic E-state index is 0.324. The number of hydrogen-bond donors (Lipinski definition) is 2. The SMILES string of the molecule is Cc1nc(NC(=O)N2CCC(C)CC2C(=O)O)sc1C. The van der Waals surface area contributed by atoms with Crippen LogP contribution in [-0.2, 0) is 4.79 Å². The first kappa shape index (κ1) is 14.8. The van der Waals surface area contributed by atoms with Crippen LogP contribution < -0.4 is 5.32 Å². The van der Waals surface area contributed by atoms with Gasteiger partial charge in [-0.3, -0.25) is 5.32 Å². The lowest BCUT2D eigenvalue weighted by atomic mass is 9.93. The van der Waals surface area contributed by atoms with E-state index in [1.54, 1.807) is 0 Å². The van der Waals surface area contributed by atoms with Crippen molar-refractivity contribution < 1.29 is 14.7 Å². The van der Waals surface area contributed by atoms with Crippen LogP contribution in [0.25, 0.3) is 0 Å². The number of thiazole rings is 1. The van der Waals surface area contributed by atoms with Gasteiger partial charge in [-0.1, -0.05) is 6.92 Å². The van der Waals surface area contributed by atoms with E-state index < -0.39 is 12.0 Å². The second-order valence-corrected chi connectivity index (χ2v) is 6.47. The fourth-order valence-corrected chi connectivity index (χ4v) is 3.11. The molecule has 6 nitrogen and oxygen atoms in total. The number of carboxylic acid groups (broad SMARTS) is 1. The molecule has 2 atom stereocenters. The highest BCUT2D eigenvalue weighted by Gasteiger charge is 2.35. The number of aromatic nitrogens is 1. The molecule has 1 saturated heterocycles. The van der Waals surface area contributed by atoms with Crippen LogP contribution in [0, 0.1) is 19.8 Å². The van der Waals surface area contributed by atoms with Gasteiger partial charge in [0.1, 0.15) is 6.04 Å². The van der Waals surface area contributed by atoms with Gasteiger partial charge < -0.3 is 10.0 Å². The smallest absolute Gasteiger partial charge is 0.326 e. The largest absolute Gasteiger partial charge is 0.480 e. The average Bonchev–Trinajstić information content (AvgIpc) is 2.67. The molecule has 1 aromatic rings. The quantitative estimate of drug-likeness (QED) is 0.878. The van der Waals surface area contributed by atoms with Gasteiger partial charge in [0.25, 0.3) is 0 Å². The first-order valence-corrected chi connectivity index (χ1v) is 7.44. The van der Waals surface area contributed by atoms with Crippen LogP contribution in [0.1, 0.15) is 30.3 Å². The summed E-state index contributed by atoms with van der Waals surface area (Å²) in [5, 5.41) is 12.5. The Morgan fingerprint density at radius 1 is 1.45 bits per heavy atom. The van der Waals surface area contributed by atoms with E-state index in [0.29, 0.717) is 24.0 Å². The summed E-state index contributed by atoms with van der Waals surface area (Å²) in [5.41, 5.74) is 0.882. The molecule has 2 N–H and O–H groups in total. The molecule has 0 saturated carbocycles. The van der Waals surface area contributed by atoms with Gasteiger partial charge in [0.15, 0.2) is 5.13 Å². The van der Waals surface area contributed by atoms with Crippen molar-refractivity contribution >= 4 is 28.5 Å². The number of piperidine rings is 1. The van der Waals surface area contributed by atoms with E-state index in [0.717, 1.165) is 17.0 Å². The summed E-state index contributed by atoms with van der Waals surface area (Å²) >= 11 is 1.40. The predicted octanol–water partition coefficient (Wildman–Crippen LogP) is 2.48. The molecule has 0 aliphatic carbocycles. The third-order valence-electron chi connectivity index (χ3n) is 3.65. The lowest BCUT2D eigenvalue weighted by molar-refractivity contribution is -0.143. The van der Waals surface area contributed by atoms with Crippen LogP contribution >= 0.6 is 11.3 Å². The predicted molar refractivity (Wildman–Crippen MR) is 77.1 cm³/mol. The number of hydrogen-bond acceptors (Lipinski definition) is 4. The van der Waals surface area contributed by atoms with Crippen molar-refractivity contribution in [3.63, 3.8) is 0 Å². The Balaban J connectivity index is 2.08. The molecule has 0 spiro atoms. The van der Waals surface area contributed by atoms with E-state index in [-0.39, 0.29) is 6.03 Å². The molecule has 7 heteroatoms. The van der Waals surface area contributed by atoms with E-state index in [1.165, 1.54) is 16.2 Å². The number of aryl methyl sites for hydroxylation is 2. The molecule has 110 valence electrons. The van der Waals surface area contributed by atoms with E-state index in [4.69, 9.17) is 0 Å². The standard InChI is InChI=1S/C13H19N3O3S/c1-7-4-5-16(10(6-7)11(17)18)13(19)15-12-14-8(2)9(3)20-12/h7,10H,4-6H2,1-3H3,(H,17,18)(H,14,15,19). The van der Waals surface area contributed by atoms with Crippen molar-refractivity contribution in [3.8, 4) is 0 Å². The highest BCUT2D eigenvalue weighted by Crippen LogP contribution is 2.25. The van der Waals surface area contributed by atoms with Crippen LogP contribution in [0.15, 0.2) is 0 Å². The van der Waals surface area contributed by atoms with Crippen LogP contribution in [0.3, 0.4) is 0 Å². The molecule has 2 heterocycles. The first-order valence-electron chi connectivity index (χ1n) is 6.63. The number of rotatable bonds is 2. The summed E-state index contributed by atoms with van der Waals surface area (Å²) < 4.78 is 0. The maximum atomic E-state index is 12.2. The van der Waals surface area contributed by atoms with E-state index in [9.17, 15) is 14.7 Å². The third kappa shape index (κ3) is 3.09. The molecule has 1 aliphatic heterocycles. The highest BCUT2D eigenvalue weighted by molar-refractivity contribution is 7.15. The van der Waals surface area contributed by atoms with Gasteiger partial charge in [0, 0.05) is 11.4 Å². The molecule has 2 unspecified atom stereocenters. The number of likely N-dealkylation sites (tertiary alicyclic amines) is 1. The summed E-state index contributed by atoms with van der Waals surface area (Å²) in [7, 11) is 0. The molecule has 2 rings (SSSR count). The van der Waals surface area contributed by atoms with Gasteiger partial charge in [-0.15, -0.1) is 11.3 Å². The van der Waals surface area contributed by atoms with E-state index in [1.807, 2.05) is 20.8 Å². The molecule has 0 bridgehead atoms.